The highest BCUT2D eigenvalue weighted by Gasteiger charge is 2.25. The lowest BCUT2D eigenvalue weighted by molar-refractivity contribution is -0.121. The Bertz CT molecular complexity index is 184. The van der Waals surface area contributed by atoms with E-state index in [0.717, 1.165) is 19.3 Å². The topological polar surface area (TPSA) is 81.1 Å². The van der Waals surface area contributed by atoms with Gasteiger partial charge in [0, 0.05) is 24.5 Å². The second-order valence-electron chi connectivity index (χ2n) is 3.76. The van der Waals surface area contributed by atoms with Crippen LogP contribution in [0.4, 0.5) is 0 Å². The monoisotopic (exact) mass is 185 g/mol. The number of rotatable bonds is 2. The minimum Gasteiger partial charge on any atom is -0.353 e. The second kappa shape index (κ2) is 4.58. The van der Waals surface area contributed by atoms with Crippen molar-refractivity contribution >= 4 is 5.91 Å². The van der Waals surface area contributed by atoms with Crippen molar-refractivity contribution in [3.63, 3.8) is 0 Å². The van der Waals surface area contributed by atoms with Gasteiger partial charge >= 0.3 is 0 Å². The Balaban J connectivity index is 2.33. The highest BCUT2D eigenvalue weighted by atomic mass is 16.1. The number of hydrogen-bond acceptors (Lipinski definition) is 3. The standard InChI is InChI=1S/C9H19N3O/c1-2-9(13)12-6-3-4-7(10)8(11)5-6/h6-8H,2-5,10-11H2,1H3,(H,12,13)/t6?,7-,8+/m0/s1. The van der Waals surface area contributed by atoms with Crippen LogP contribution in [0.15, 0.2) is 0 Å². The van der Waals surface area contributed by atoms with Crippen LogP contribution in [0.1, 0.15) is 32.6 Å². The molecule has 4 nitrogen and oxygen atoms in total. The fourth-order valence-corrected chi connectivity index (χ4v) is 1.69. The number of nitrogens with two attached hydrogens (primary N) is 2. The van der Waals surface area contributed by atoms with Gasteiger partial charge in [-0.15, -0.1) is 0 Å². The van der Waals surface area contributed by atoms with E-state index in [0.29, 0.717) is 6.42 Å². The van der Waals surface area contributed by atoms with Gasteiger partial charge in [-0.25, -0.2) is 0 Å². The quantitative estimate of drug-likeness (QED) is 0.553. The van der Waals surface area contributed by atoms with Gasteiger partial charge in [-0.2, -0.15) is 0 Å². The zero-order valence-electron chi connectivity index (χ0n) is 8.12. The average Bonchev–Trinajstić information content (AvgIpc) is 2.11. The van der Waals surface area contributed by atoms with Crippen LogP contribution in [0.5, 0.6) is 0 Å². The average molecular weight is 185 g/mol. The number of carbonyl (C=O) groups excluding carboxylic acids is 1. The molecule has 1 rings (SSSR count). The van der Waals surface area contributed by atoms with Crippen LogP contribution in [0.25, 0.3) is 0 Å². The molecule has 0 aromatic rings. The normalized spacial score (nSPS) is 34.2. The van der Waals surface area contributed by atoms with Gasteiger partial charge in [0.1, 0.15) is 0 Å². The number of nitrogens with one attached hydrogen (secondary N) is 1. The molecule has 0 radical (unpaired) electrons. The Labute approximate surface area is 79.0 Å². The Morgan fingerprint density at radius 3 is 2.62 bits per heavy atom. The molecule has 0 aliphatic heterocycles. The molecule has 5 N–H and O–H groups in total. The Hall–Kier alpha value is -0.610. The maximum absolute atomic E-state index is 11.1. The Morgan fingerprint density at radius 2 is 2.08 bits per heavy atom. The molecule has 1 saturated carbocycles. The zero-order valence-corrected chi connectivity index (χ0v) is 8.12. The molecule has 4 heteroatoms. The number of amides is 1. The zero-order chi connectivity index (χ0) is 9.84. The molecular formula is C9H19N3O. The molecule has 13 heavy (non-hydrogen) atoms. The summed E-state index contributed by atoms with van der Waals surface area (Å²) in [5.74, 6) is 0.104. The van der Waals surface area contributed by atoms with Crippen molar-refractivity contribution in [2.24, 2.45) is 11.5 Å². The summed E-state index contributed by atoms with van der Waals surface area (Å²) < 4.78 is 0. The SMILES string of the molecule is CCC(=O)NC1CC[C@H](N)[C@H](N)C1. The van der Waals surface area contributed by atoms with Gasteiger partial charge < -0.3 is 16.8 Å². The van der Waals surface area contributed by atoms with E-state index in [2.05, 4.69) is 5.32 Å². The van der Waals surface area contributed by atoms with Crippen LogP contribution >= 0.6 is 0 Å². The molecule has 1 aliphatic carbocycles. The van der Waals surface area contributed by atoms with Crippen LogP contribution in [0.3, 0.4) is 0 Å². The summed E-state index contributed by atoms with van der Waals surface area (Å²) in [7, 11) is 0. The highest BCUT2D eigenvalue weighted by Crippen LogP contribution is 2.16. The van der Waals surface area contributed by atoms with Crippen molar-refractivity contribution in [3.05, 3.63) is 0 Å². The third-order valence-electron chi connectivity index (χ3n) is 2.64. The molecule has 0 spiro atoms. The Kier molecular flexibility index (Phi) is 3.69. The van der Waals surface area contributed by atoms with Gasteiger partial charge in [0.2, 0.25) is 5.91 Å². The van der Waals surface area contributed by atoms with Gasteiger partial charge in [-0.1, -0.05) is 6.92 Å². The first-order chi connectivity index (χ1) is 6.13. The predicted octanol–water partition coefficient (Wildman–Crippen LogP) is -0.280. The molecule has 3 atom stereocenters. The lowest BCUT2D eigenvalue weighted by Crippen LogP contribution is -2.51. The minimum atomic E-state index is 0.0379. The van der Waals surface area contributed by atoms with E-state index in [4.69, 9.17) is 11.5 Å². The molecule has 0 bridgehead atoms. The smallest absolute Gasteiger partial charge is 0.219 e. The van der Waals surface area contributed by atoms with Gasteiger partial charge in [0.15, 0.2) is 0 Å². The first-order valence-electron chi connectivity index (χ1n) is 4.94. The fraction of sp³-hybridized carbons (Fsp3) is 0.889. The van der Waals surface area contributed by atoms with Crippen molar-refractivity contribution in [1.29, 1.82) is 0 Å². The summed E-state index contributed by atoms with van der Waals surface area (Å²) in [6.45, 7) is 1.85. The first-order valence-corrected chi connectivity index (χ1v) is 4.94. The summed E-state index contributed by atoms with van der Waals surface area (Å²) in [6, 6.07) is 0.382. The predicted molar refractivity (Wildman–Crippen MR) is 52.0 cm³/mol. The van der Waals surface area contributed by atoms with Gasteiger partial charge in [0.25, 0.3) is 0 Å². The lowest BCUT2D eigenvalue weighted by atomic mass is 9.88. The van der Waals surface area contributed by atoms with Crippen molar-refractivity contribution < 1.29 is 4.79 Å². The van der Waals surface area contributed by atoms with E-state index in [9.17, 15) is 4.79 Å². The van der Waals surface area contributed by atoms with Crippen LogP contribution in [-0.2, 0) is 4.79 Å². The molecule has 1 amide bonds. The molecule has 0 aromatic carbocycles. The summed E-state index contributed by atoms with van der Waals surface area (Å²) in [6.07, 6.45) is 3.22. The van der Waals surface area contributed by atoms with Crippen molar-refractivity contribution in [1.82, 2.24) is 5.32 Å². The maximum Gasteiger partial charge on any atom is 0.219 e. The molecule has 76 valence electrons. The molecule has 0 heterocycles. The van der Waals surface area contributed by atoms with Gasteiger partial charge in [-0.3, -0.25) is 4.79 Å². The van der Waals surface area contributed by atoms with Crippen LogP contribution in [0, 0.1) is 0 Å². The highest BCUT2D eigenvalue weighted by molar-refractivity contribution is 5.75. The van der Waals surface area contributed by atoms with Crippen molar-refractivity contribution in [2.45, 2.75) is 50.7 Å². The van der Waals surface area contributed by atoms with Crippen molar-refractivity contribution in [2.75, 3.05) is 0 Å². The van der Waals surface area contributed by atoms with E-state index in [1.54, 1.807) is 0 Å². The van der Waals surface area contributed by atoms with E-state index in [1.807, 2.05) is 6.92 Å². The molecule has 1 fully saturated rings. The number of carbonyl (C=O) groups is 1. The molecule has 1 aliphatic rings. The third kappa shape index (κ3) is 2.97. The van der Waals surface area contributed by atoms with E-state index < -0.39 is 0 Å². The molecule has 1 unspecified atom stereocenters. The van der Waals surface area contributed by atoms with E-state index in [-0.39, 0.29) is 24.0 Å². The van der Waals surface area contributed by atoms with Gasteiger partial charge in [0.05, 0.1) is 0 Å². The first kappa shape index (κ1) is 10.5. The van der Waals surface area contributed by atoms with Crippen LogP contribution in [0.2, 0.25) is 0 Å². The van der Waals surface area contributed by atoms with Gasteiger partial charge in [-0.05, 0) is 19.3 Å². The number of hydrogen-bond donors (Lipinski definition) is 3. The van der Waals surface area contributed by atoms with Crippen LogP contribution < -0.4 is 16.8 Å². The molecular weight excluding hydrogens is 166 g/mol. The van der Waals surface area contributed by atoms with Crippen LogP contribution in [-0.4, -0.2) is 24.0 Å². The summed E-state index contributed by atoms with van der Waals surface area (Å²) in [5, 5.41) is 2.94. The largest absolute Gasteiger partial charge is 0.353 e. The van der Waals surface area contributed by atoms with Crippen molar-refractivity contribution in [3.8, 4) is 0 Å². The second-order valence-corrected chi connectivity index (χ2v) is 3.76. The summed E-state index contributed by atoms with van der Waals surface area (Å²) in [4.78, 5) is 11.1. The van der Waals surface area contributed by atoms with E-state index in [1.165, 1.54) is 0 Å². The maximum atomic E-state index is 11.1. The lowest BCUT2D eigenvalue weighted by Gasteiger charge is -2.32. The minimum absolute atomic E-state index is 0.0379. The summed E-state index contributed by atoms with van der Waals surface area (Å²) >= 11 is 0. The molecule has 0 saturated heterocycles. The van der Waals surface area contributed by atoms with E-state index >= 15 is 0 Å². The Morgan fingerprint density at radius 1 is 1.38 bits per heavy atom. The molecule has 0 aromatic heterocycles. The fourth-order valence-electron chi connectivity index (χ4n) is 1.69. The summed E-state index contributed by atoms with van der Waals surface area (Å²) in [5.41, 5.74) is 11.6. The third-order valence-corrected chi connectivity index (χ3v) is 2.64.